The Labute approximate surface area is 130 Å². The van der Waals surface area contributed by atoms with E-state index in [4.69, 9.17) is 0 Å². The number of allylic oxidation sites excluding steroid dienone is 1. The average molecular weight is 299 g/mol. The van der Waals surface area contributed by atoms with Crippen LogP contribution in [0.15, 0.2) is 42.1 Å². The van der Waals surface area contributed by atoms with Crippen LogP contribution in [0.3, 0.4) is 0 Å². The van der Waals surface area contributed by atoms with Crippen molar-refractivity contribution in [3.63, 3.8) is 0 Å². The fourth-order valence-corrected chi connectivity index (χ4v) is 3.63. The summed E-state index contributed by atoms with van der Waals surface area (Å²) in [7, 11) is 0. The van der Waals surface area contributed by atoms with Crippen molar-refractivity contribution in [1.82, 2.24) is 15.3 Å². The number of thiazole rings is 1. The minimum absolute atomic E-state index is 0.685. The quantitative estimate of drug-likeness (QED) is 0.874. The second kappa shape index (κ2) is 6.85. The minimum Gasteiger partial charge on any atom is -0.388 e. The molecule has 4 heteroatoms. The number of pyridine rings is 1. The zero-order valence-electron chi connectivity index (χ0n) is 12.2. The summed E-state index contributed by atoms with van der Waals surface area (Å²) in [6.07, 6.45) is 8.05. The van der Waals surface area contributed by atoms with E-state index in [0.29, 0.717) is 5.92 Å². The minimum atomic E-state index is 0.685. The Morgan fingerprint density at radius 2 is 2.19 bits per heavy atom. The number of aromatic nitrogens is 2. The van der Waals surface area contributed by atoms with Crippen molar-refractivity contribution in [2.24, 2.45) is 5.92 Å². The Kier molecular flexibility index (Phi) is 4.65. The monoisotopic (exact) mass is 299 g/mol. The molecule has 0 unspecified atom stereocenters. The standard InChI is InChI=1S/C17H21N3S/c1-13(14-6-2-3-7-14)18-11-9-15-12-21-17(20-15)16-8-4-5-10-19-16/h4-5,8,10,12,14,18H,1-3,6-7,9,11H2. The summed E-state index contributed by atoms with van der Waals surface area (Å²) < 4.78 is 0. The van der Waals surface area contributed by atoms with Gasteiger partial charge in [-0.2, -0.15) is 0 Å². The van der Waals surface area contributed by atoms with Gasteiger partial charge in [0.15, 0.2) is 0 Å². The van der Waals surface area contributed by atoms with E-state index in [1.807, 2.05) is 24.4 Å². The van der Waals surface area contributed by atoms with Crippen LogP contribution in [-0.2, 0) is 6.42 Å². The van der Waals surface area contributed by atoms with Gasteiger partial charge in [0.25, 0.3) is 0 Å². The van der Waals surface area contributed by atoms with Crippen LogP contribution >= 0.6 is 11.3 Å². The van der Waals surface area contributed by atoms with Gasteiger partial charge in [0.1, 0.15) is 5.01 Å². The molecule has 0 aromatic carbocycles. The van der Waals surface area contributed by atoms with Crippen LogP contribution in [0.4, 0.5) is 0 Å². The van der Waals surface area contributed by atoms with E-state index in [0.717, 1.165) is 29.4 Å². The van der Waals surface area contributed by atoms with Gasteiger partial charge in [0.05, 0.1) is 11.4 Å². The van der Waals surface area contributed by atoms with Gasteiger partial charge in [-0.25, -0.2) is 4.98 Å². The average Bonchev–Trinajstić information content (AvgIpc) is 3.20. The number of nitrogens with zero attached hydrogens (tertiary/aromatic N) is 2. The van der Waals surface area contributed by atoms with Crippen molar-refractivity contribution in [3.8, 4) is 10.7 Å². The highest BCUT2D eigenvalue weighted by atomic mass is 32.1. The lowest BCUT2D eigenvalue weighted by atomic mass is 10.1. The highest BCUT2D eigenvalue weighted by Gasteiger charge is 2.17. The molecule has 1 N–H and O–H groups in total. The number of hydrogen-bond donors (Lipinski definition) is 1. The van der Waals surface area contributed by atoms with Gasteiger partial charge in [-0.3, -0.25) is 4.98 Å². The lowest BCUT2D eigenvalue weighted by molar-refractivity contribution is 0.578. The first kappa shape index (κ1) is 14.3. The molecule has 110 valence electrons. The summed E-state index contributed by atoms with van der Waals surface area (Å²) in [5, 5.41) is 6.61. The Morgan fingerprint density at radius 1 is 1.33 bits per heavy atom. The second-order valence-electron chi connectivity index (χ2n) is 5.54. The third kappa shape index (κ3) is 3.70. The van der Waals surface area contributed by atoms with Gasteiger partial charge in [-0.15, -0.1) is 11.3 Å². The molecular formula is C17H21N3S. The predicted octanol–water partition coefficient (Wildman–Crippen LogP) is 4.04. The zero-order valence-corrected chi connectivity index (χ0v) is 13.0. The van der Waals surface area contributed by atoms with Crippen LogP contribution < -0.4 is 5.32 Å². The van der Waals surface area contributed by atoms with Gasteiger partial charge in [0, 0.05) is 30.2 Å². The van der Waals surface area contributed by atoms with E-state index < -0.39 is 0 Å². The van der Waals surface area contributed by atoms with Crippen LogP contribution in [0.5, 0.6) is 0 Å². The molecule has 0 radical (unpaired) electrons. The largest absolute Gasteiger partial charge is 0.388 e. The number of hydrogen-bond acceptors (Lipinski definition) is 4. The number of nitrogens with one attached hydrogen (secondary N) is 1. The van der Waals surface area contributed by atoms with Crippen LogP contribution in [0, 0.1) is 5.92 Å². The Hall–Kier alpha value is -1.68. The van der Waals surface area contributed by atoms with Crippen LogP contribution in [0.1, 0.15) is 31.4 Å². The molecule has 2 heterocycles. The van der Waals surface area contributed by atoms with Gasteiger partial charge in [0.2, 0.25) is 0 Å². The van der Waals surface area contributed by atoms with Gasteiger partial charge >= 0.3 is 0 Å². The maximum absolute atomic E-state index is 4.66. The van der Waals surface area contributed by atoms with E-state index in [-0.39, 0.29) is 0 Å². The van der Waals surface area contributed by atoms with E-state index in [1.54, 1.807) is 11.3 Å². The van der Waals surface area contributed by atoms with E-state index in [1.165, 1.54) is 31.4 Å². The van der Waals surface area contributed by atoms with Crippen molar-refractivity contribution in [1.29, 1.82) is 0 Å². The van der Waals surface area contributed by atoms with Crippen molar-refractivity contribution in [2.75, 3.05) is 6.54 Å². The Bertz CT molecular complexity index is 585. The molecule has 0 bridgehead atoms. The smallest absolute Gasteiger partial charge is 0.142 e. The summed E-state index contributed by atoms with van der Waals surface area (Å²) in [5.41, 5.74) is 3.30. The second-order valence-corrected chi connectivity index (χ2v) is 6.40. The normalized spacial score (nSPS) is 15.2. The lowest BCUT2D eigenvalue weighted by Gasteiger charge is -2.14. The highest BCUT2D eigenvalue weighted by Crippen LogP contribution is 2.28. The van der Waals surface area contributed by atoms with Crippen molar-refractivity contribution >= 4 is 11.3 Å². The van der Waals surface area contributed by atoms with E-state index >= 15 is 0 Å². The topological polar surface area (TPSA) is 37.8 Å². The molecule has 1 aliphatic rings. The molecule has 3 nitrogen and oxygen atoms in total. The van der Waals surface area contributed by atoms with Gasteiger partial charge in [-0.05, 0) is 30.9 Å². The fraction of sp³-hybridized carbons (Fsp3) is 0.412. The van der Waals surface area contributed by atoms with E-state index in [9.17, 15) is 0 Å². The summed E-state index contributed by atoms with van der Waals surface area (Å²) in [4.78, 5) is 9.00. The summed E-state index contributed by atoms with van der Waals surface area (Å²) >= 11 is 1.66. The lowest BCUT2D eigenvalue weighted by Crippen LogP contribution is -2.20. The van der Waals surface area contributed by atoms with Crippen molar-refractivity contribution in [3.05, 3.63) is 47.7 Å². The molecule has 1 aliphatic carbocycles. The Morgan fingerprint density at radius 3 is 2.95 bits per heavy atom. The van der Waals surface area contributed by atoms with Gasteiger partial charge in [-0.1, -0.05) is 25.5 Å². The van der Waals surface area contributed by atoms with Crippen LogP contribution in [-0.4, -0.2) is 16.5 Å². The summed E-state index contributed by atoms with van der Waals surface area (Å²) in [5.74, 6) is 0.685. The van der Waals surface area contributed by atoms with Crippen molar-refractivity contribution < 1.29 is 0 Å². The Balaban J connectivity index is 1.50. The number of rotatable bonds is 6. The summed E-state index contributed by atoms with van der Waals surface area (Å²) in [6, 6.07) is 5.93. The molecule has 3 rings (SSSR count). The molecule has 0 saturated heterocycles. The SMILES string of the molecule is C=C(NCCc1csc(-c2ccccn2)n1)C1CCCC1. The molecule has 0 amide bonds. The first-order chi connectivity index (χ1) is 10.3. The molecule has 0 spiro atoms. The molecule has 2 aromatic heterocycles. The van der Waals surface area contributed by atoms with Crippen LogP contribution in [0.25, 0.3) is 10.7 Å². The first-order valence-electron chi connectivity index (χ1n) is 7.61. The molecule has 0 aliphatic heterocycles. The molecule has 1 fully saturated rings. The van der Waals surface area contributed by atoms with E-state index in [2.05, 4.69) is 27.2 Å². The highest BCUT2D eigenvalue weighted by molar-refractivity contribution is 7.13. The zero-order chi connectivity index (χ0) is 14.5. The summed E-state index contributed by atoms with van der Waals surface area (Å²) in [6.45, 7) is 5.10. The van der Waals surface area contributed by atoms with Crippen molar-refractivity contribution in [2.45, 2.75) is 32.1 Å². The van der Waals surface area contributed by atoms with Gasteiger partial charge < -0.3 is 5.32 Å². The molecular weight excluding hydrogens is 278 g/mol. The fourth-order valence-electron chi connectivity index (χ4n) is 2.80. The predicted molar refractivity (Wildman–Crippen MR) is 88.1 cm³/mol. The third-order valence-corrected chi connectivity index (χ3v) is 4.93. The maximum Gasteiger partial charge on any atom is 0.142 e. The third-order valence-electron chi connectivity index (χ3n) is 4.02. The molecule has 2 aromatic rings. The first-order valence-corrected chi connectivity index (χ1v) is 8.49. The molecule has 1 saturated carbocycles. The maximum atomic E-state index is 4.66. The van der Waals surface area contributed by atoms with Crippen LogP contribution in [0.2, 0.25) is 0 Å². The molecule has 0 atom stereocenters. The molecule has 21 heavy (non-hydrogen) atoms.